The maximum Gasteiger partial charge on any atom is 0.410 e. The fourth-order valence-electron chi connectivity index (χ4n) is 3.58. The number of carbonyl (C=O) groups is 1. The van der Waals surface area contributed by atoms with Crippen molar-refractivity contribution in [3.8, 4) is 11.6 Å². The number of aliphatic hydroxyl groups is 2. The number of hydrogen-bond acceptors (Lipinski definition) is 6. The lowest BCUT2D eigenvalue weighted by molar-refractivity contribution is 0.110. The van der Waals surface area contributed by atoms with Gasteiger partial charge in [0.2, 0.25) is 5.88 Å². The van der Waals surface area contributed by atoms with Gasteiger partial charge in [0.25, 0.3) is 0 Å². The van der Waals surface area contributed by atoms with Crippen LogP contribution in [-0.2, 0) is 17.8 Å². The van der Waals surface area contributed by atoms with Crippen molar-refractivity contribution in [2.75, 3.05) is 13.2 Å². The van der Waals surface area contributed by atoms with Crippen LogP contribution in [0.2, 0.25) is 5.02 Å². The number of carbonyl (C=O) groups excluding carboxylic acids is 1. The summed E-state index contributed by atoms with van der Waals surface area (Å²) in [6.07, 6.45) is -0.724. The number of halogens is 1. The van der Waals surface area contributed by atoms with E-state index in [-0.39, 0.29) is 25.8 Å². The van der Waals surface area contributed by atoms with E-state index in [4.69, 9.17) is 21.1 Å². The molecule has 166 valence electrons. The van der Waals surface area contributed by atoms with Crippen LogP contribution in [0.25, 0.3) is 0 Å². The van der Waals surface area contributed by atoms with E-state index in [1.54, 1.807) is 47.4 Å². The van der Waals surface area contributed by atoms with Gasteiger partial charge >= 0.3 is 6.09 Å². The van der Waals surface area contributed by atoms with Crippen LogP contribution in [0.1, 0.15) is 22.9 Å². The van der Waals surface area contributed by atoms with Crippen LogP contribution in [-0.4, -0.2) is 45.4 Å². The summed E-state index contributed by atoms with van der Waals surface area (Å²) in [5.41, 5.74) is 2.18. The molecule has 1 amide bonds. The Labute approximate surface area is 190 Å². The number of nitrogens with zero attached hydrogens (tertiary/aromatic N) is 2. The molecule has 8 heteroatoms. The lowest BCUT2D eigenvalue weighted by atomic mass is 10.0. The van der Waals surface area contributed by atoms with Gasteiger partial charge in [-0.05, 0) is 47.9 Å². The molecule has 0 bridgehead atoms. The smallest absolute Gasteiger partial charge is 0.410 e. The highest BCUT2D eigenvalue weighted by Crippen LogP contribution is 2.25. The SMILES string of the molecule is O=C1OC[C@H](Cc2ccc(Oc3cccc(CO)n3)cc2)N1C[C@@H](O)c1cccc(Cl)c1. The summed E-state index contributed by atoms with van der Waals surface area (Å²) in [5, 5.41) is 20.3. The molecule has 2 aromatic carbocycles. The van der Waals surface area contributed by atoms with Gasteiger partial charge in [-0.25, -0.2) is 9.78 Å². The molecule has 1 aromatic heterocycles. The van der Waals surface area contributed by atoms with E-state index in [1.807, 2.05) is 24.3 Å². The molecule has 32 heavy (non-hydrogen) atoms. The Kier molecular flexibility index (Phi) is 6.90. The van der Waals surface area contributed by atoms with E-state index in [0.29, 0.717) is 34.3 Å². The average Bonchev–Trinajstić information content (AvgIpc) is 3.14. The predicted molar refractivity (Wildman–Crippen MR) is 119 cm³/mol. The molecule has 0 radical (unpaired) electrons. The summed E-state index contributed by atoms with van der Waals surface area (Å²) in [7, 11) is 0. The summed E-state index contributed by atoms with van der Waals surface area (Å²) in [4.78, 5) is 18.0. The number of ether oxygens (including phenoxy) is 2. The van der Waals surface area contributed by atoms with Crippen molar-refractivity contribution in [2.24, 2.45) is 0 Å². The van der Waals surface area contributed by atoms with Gasteiger partial charge in [0.05, 0.1) is 31.0 Å². The molecule has 0 aliphatic carbocycles. The largest absolute Gasteiger partial charge is 0.447 e. The zero-order valence-corrected chi connectivity index (χ0v) is 18.0. The first-order valence-corrected chi connectivity index (χ1v) is 10.6. The van der Waals surface area contributed by atoms with Crippen molar-refractivity contribution < 1.29 is 24.5 Å². The predicted octanol–water partition coefficient (Wildman–Crippen LogP) is 4.12. The first-order chi connectivity index (χ1) is 15.5. The van der Waals surface area contributed by atoms with Gasteiger partial charge < -0.3 is 19.7 Å². The van der Waals surface area contributed by atoms with Crippen molar-refractivity contribution in [2.45, 2.75) is 25.2 Å². The highest BCUT2D eigenvalue weighted by atomic mass is 35.5. The standard InChI is InChI=1S/C24H23ClN2O5/c25-18-4-1-3-17(12-18)22(29)13-27-20(15-31-24(27)30)11-16-7-9-21(10-8-16)32-23-6-2-5-19(14-28)26-23/h1-10,12,20,22,28-29H,11,13-15H2/t20-,22+/m0/s1. The van der Waals surface area contributed by atoms with Crippen molar-refractivity contribution in [1.29, 1.82) is 0 Å². The Morgan fingerprint density at radius 1 is 1.16 bits per heavy atom. The van der Waals surface area contributed by atoms with Gasteiger partial charge in [0.1, 0.15) is 12.4 Å². The molecule has 1 aliphatic rings. The number of aliphatic hydroxyl groups excluding tert-OH is 2. The lowest BCUT2D eigenvalue weighted by Crippen LogP contribution is -2.38. The van der Waals surface area contributed by atoms with E-state index in [2.05, 4.69) is 4.98 Å². The first kappa shape index (κ1) is 22.1. The van der Waals surface area contributed by atoms with Gasteiger partial charge in [0, 0.05) is 11.1 Å². The minimum Gasteiger partial charge on any atom is -0.447 e. The quantitative estimate of drug-likeness (QED) is 0.532. The third-order valence-corrected chi connectivity index (χ3v) is 5.47. The van der Waals surface area contributed by atoms with E-state index in [1.165, 1.54) is 0 Å². The zero-order valence-electron chi connectivity index (χ0n) is 17.2. The Balaban J connectivity index is 1.39. The van der Waals surface area contributed by atoms with Crippen LogP contribution in [0.4, 0.5) is 4.79 Å². The molecule has 2 N–H and O–H groups in total. The maximum absolute atomic E-state index is 12.2. The Morgan fingerprint density at radius 3 is 2.69 bits per heavy atom. The number of cyclic esters (lactones) is 1. The summed E-state index contributed by atoms with van der Waals surface area (Å²) in [5.74, 6) is 1.02. The van der Waals surface area contributed by atoms with E-state index < -0.39 is 12.2 Å². The molecule has 7 nitrogen and oxygen atoms in total. The van der Waals surface area contributed by atoms with E-state index in [9.17, 15) is 15.0 Å². The van der Waals surface area contributed by atoms with Crippen LogP contribution in [0, 0.1) is 0 Å². The zero-order chi connectivity index (χ0) is 22.5. The Hall–Kier alpha value is -3.13. The molecule has 0 saturated carbocycles. The van der Waals surface area contributed by atoms with Crippen LogP contribution in [0.15, 0.2) is 66.7 Å². The number of hydrogen-bond donors (Lipinski definition) is 2. The second kappa shape index (κ2) is 9.99. The van der Waals surface area contributed by atoms with Gasteiger partial charge in [-0.3, -0.25) is 4.90 Å². The molecule has 3 aromatic rings. The molecule has 0 unspecified atom stereocenters. The minimum atomic E-state index is -0.861. The van der Waals surface area contributed by atoms with E-state index >= 15 is 0 Å². The van der Waals surface area contributed by atoms with Gasteiger partial charge in [-0.1, -0.05) is 41.9 Å². The van der Waals surface area contributed by atoms with Crippen LogP contribution in [0.3, 0.4) is 0 Å². The van der Waals surface area contributed by atoms with Crippen LogP contribution < -0.4 is 4.74 Å². The van der Waals surface area contributed by atoms with Gasteiger partial charge in [-0.15, -0.1) is 0 Å². The molecule has 1 aliphatic heterocycles. The highest BCUT2D eigenvalue weighted by Gasteiger charge is 2.34. The summed E-state index contributed by atoms with van der Waals surface area (Å²) in [6, 6.07) is 19.5. The monoisotopic (exact) mass is 454 g/mol. The normalized spacial score (nSPS) is 16.7. The molecular weight excluding hydrogens is 432 g/mol. The number of β-amino-alcohol motifs (C(OH)–C–C–N with tert-alkyl or cyclic N) is 1. The molecule has 4 rings (SSSR count). The molecular formula is C24H23ClN2O5. The highest BCUT2D eigenvalue weighted by molar-refractivity contribution is 6.30. The lowest BCUT2D eigenvalue weighted by Gasteiger charge is -2.24. The topological polar surface area (TPSA) is 92.1 Å². The van der Waals surface area contributed by atoms with Crippen LogP contribution >= 0.6 is 11.6 Å². The second-order valence-electron chi connectivity index (χ2n) is 7.53. The number of pyridine rings is 1. The molecule has 2 heterocycles. The van der Waals surface area contributed by atoms with E-state index in [0.717, 1.165) is 5.56 Å². The van der Waals surface area contributed by atoms with Crippen molar-refractivity contribution in [3.63, 3.8) is 0 Å². The van der Waals surface area contributed by atoms with Crippen molar-refractivity contribution in [1.82, 2.24) is 9.88 Å². The fraction of sp³-hybridized carbons (Fsp3) is 0.250. The second-order valence-corrected chi connectivity index (χ2v) is 7.97. The molecule has 0 spiro atoms. The molecule has 2 atom stereocenters. The Bertz CT molecular complexity index is 1080. The first-order valence-electron chi connectivity index (χ1n) is 10.2. The van der Waals surface area contributed by atoms with Gasteiger partial charge in [-0.2, -0.15) is 0 Å². The molecule has 1 fully saturated rings. The number of amides is 1. The number of benzene rings is 2. The number of aromatic nitrogens is 1. The van der Waals surface area contributed by atoms with Gasteiger partial charge in [0.15, 0.2) is 0 Å². The third-order valence-electron chi connectivity index (χ3n) is 5.24. The summed E-state index contributed by atoms with van der Waals surface area (Å²) < 4.78 is 11.0. The maximum atomic E-state index is 12.2. The minimum absolute atomic E-state index is 0.123. The number of rotatable bonds is 8. The summed E-state index contributed by atoms with van der Waals surface area (Å²) >= 11 is 6.01. The van der Waals surface area contributed by atoms with Crippen molar-refractivity contribution >= 4 is 17.7 Å². The fourth-order valence-corrected chi connectivity index (χ4v) is 3.78. The Morgan fingerprint density at radius 2 is 1.94 bits per heavy atom. The molecule has 1 saturated heterocycles. The average molecular weight is 455 g/mol. The van der Waals surface area contributed by atoms with Crippen molar-refractivity contribution in [3.05, 3.63) is 88.6 Å². The van der Waals surface area contributed by atoms with Crippen LogP contribution in [0.5, 0.6) is 11.6 Å². The summed E-state index contributed by atoms with van der Waals surface area (Å²) in [6.45, 7) is 0.232. The third kappa shape index (κ3) is 5.37.